The Balaban J connectivity index is 0.843. The third kappa shape index (κ3) is 3.94. The van der Waals surface area contributed by atoms with E-state index in [-0.39, 0.29) is 74.4 Å². The van der Waals surface area contributed by atoms with Crippen molar-refractivity contribution in [1.82, 2.24) is 0 Å². The lowest BCUT2D eigenvalue weighted by molar-refractivity contribution is -0.231. The summed E-state index contributed by atoms with van der Waals surface area (Å²) < 4.78 is 57.0. The van der Waals surface area contributed by atoms with Gasteiger partial charge < -0.3 is 47.4 Å². The first-order valence-electron chi connectivity index (χ1n) is 11.6. The van der Waals surface area contributed by atoms with E-state index in [1.165, 1.54) is 0 Å². The average Bonchev–Trinajstić information content (AvgIpc) is 3.81. The summed E-state index contributed by atoms with van der Waals surface area (Å²) in [7, 11) is 1.60. The van der Waals surface area contributed by atoms with Crippen LogP contribution >= 0.6 is 0 Å². The van der Waals surface area contributed by atoms with Crippen molar-refractivity contribution in [2.24, 2.45) is 0 Å². The largest absolute Gasteiger partial charge is 0.459 e. The van der Waals surface area contributed by atoms with Crippen molar-refractivity contribution in [2.45, 2.75) is 73.8 Å². The van der Waals surface area contributed by atoms with E-state index in [1.807, 2.05) is 6.07 Å². The molecule has 6 aliphatic heterocycles. The molecule has 0 radical (unpaired) electrons. The molecule has 6 fully saturated rings. The summed E-state index contributed by atoms with van der Waals surface area (Å²) in [5, 5.41) is 0. The summed E-state index contributed by atoms with van der Waals surface area (Å²) in [5.41, 5.74) is 0.498. The zero-order chi connectivity index (χ0) is 22.8. The van der Waals surface area contributed by atoms with Crippen LogP contribution in [-0.2, 0) is 47.4 Å². The second-order valence-corrected chi connectivity index (χ2v) is 9.19. The van der Waals surface area contributed by atoms with Crippen LogP contribution in [0.3, 0.4) is 0 Å². The molecule has 0 saturated carbocycles. The summed E-state index contributed by atoms with van der Waals surface area (Å²) in [5.74, 6) is -0.391. The van der Waals surface area contributed by atoms with Gasteiger partial charge in [0.05, 0.1) is 18.8 Å². The molecule has 1 aromatic rings. The Kier molecular flexibility index (Phi) is 5.38. The fourth-order valence-electron chi connectivity index (χ4n) is 5.00. The first kappa shape index (κ1) is 21.6. The Labute approximate surface area is 195 Å². The molecular formula is C23H26O11. The summed E-state index contributed by atoms with van der Waals surface area (Å²) in [6, 6.07) is 8.84. The second-order valence-electron chi connectivity index (χ2n) is 9.19. The second kappa shape index (κ2) is 8.47. The quantitative estimate of drug-likeness (QED) is 0.334. The molecule has 0 amide bonds. The zero-order valence-corrected chi connectivity index (χ0v) is 18.4. The minimum atomic E-state index is -0.534. The molecule has 6 heterocycles. The lowest BCUT2D eigenvalue weighted by Crippen LogP contribution is -2.33. The Morgan fingerprint density at radius 3 is 1.71 bits per heavy atom. The highest BCUT2D eigenvalue weighted by Gasteiger charge is 2.63. The smallest absolute Gasteiger partial charge is 0.338 e. The van der Waals surface area contributed by atoms with E-state index < -0.39 is 18.5 Å². The van der Waals surface area contributed by atoms with Crippen molar-refractivity contribution in [1.29, 1.82) is 0 Å². The van der Waals surface area contributed by atoms with E-state index in [0.717, 1.165) is 0 Å². The third-order valence-corrected chi connectivity index (χ3v) is 6.99. The fraction of sp³-hybridized carbons (Fsp3) is 0.696. The summed E-state index contributed by atoms with van der Waals surface area (Å²) in [6.45, 7) is 0.740. The standard InChI is InChI=1S/C23H26O11/c1-25-21-17-14(32-17)12(29-21)8-27-23-19-16(34-19)13(31-23)9-28-22-18-15(33-18)11(30-22)7-26-20(24)10-5-3-2-4-6-10/h2-6,11-19,21-23H,7-9H2,1H3/t11-,12-,13-,14+,15+,16+,17+,18+,19+,21+,22-,23-/m1/s1. The Morgan fingerprint density at radius 2 is 1.18 bits per heavy atom. The predicted molar refractivity (Wildman–Crippen MR) is 108 cm³/mol. The maximum atomic E-state index is 12.2. The van der Waals surface area contributed by atoms with Crippen LogP contribution in [0.25, 0.3) is 0 Å². The van der Waals surface area contributed by atoms with Crippen LogP contribution in [0.1, 0.15) is 10.4 Å². The number of methoxy groups -OCH3 is 1. The van der Waals surface area contributed by atoms with Gasteiger partial charge >= 0.3 is 5.97 Å². The monoisotopic (exact) mass is 478 g/mol. The molecule has 11 nitrogen and oxygen atoms in total. The SMILES string of the molecule is CO[C@H]1O[C@H](CO[C@@H]2O[C@H](CO[C@@H]3O[C@H](COC(=O)c4ccccc4)[C@@H]4O[C@H]34)[C@@H]3O[C@H]23)[C@@H]2O[C@H]12. The van der Waals surface area contributed by atoms with Gasteiger partial charge in [-0.25, -0.2) is 4.79 Å². The molecule has 12 atom stereocenters. The van der Waals surface area contributed by atoms with E-state index in [2.05, 4.69) is 0 Å². The van der Waals surface area contributed by atoms with E-state index in [4.69, 9.17) is 47.4 Å². The third-order valence-electron chi connectivity index (χ3n) is 6.99. The number of fused-ring (bicyclic) bond motifs is 3. The number of epoxide rings is 3. The van der Waals surface area contributed by atoms with Crippen LogP contribution < -0.4 is 0 Å². The Hall–Kier alpha value is -1.67. The first-order chi connectivity index (χ1) is 16.7. The molecule has 34 heavy (non-hydrogen) atoms. The first-order valence-corrected chi connectivity index (χ1v) is 11.6. The number of carbonyl (C=O) groups is 1. The van der Waals surface area contributed by atoms with E-state index in [9.17, 15) is 4.79 Å². The van der Waals surface area contributed by atoms with Crippen LogP contribution in [0.2, 0.25) is 0 Å². The number of hydrogen-bond acceptors (Lipinski definition) is 11. The molecule has 0 N–H and O–H groups in total. The maximum Gasteiger partial charge on any atom is 0.338 e. The molecule has 0 bridgehead atoms. The lowest BCUT2D eigenvalue weighted by atomic mass is 10.2. The Morgan fingerprint density at radius 1 is 0.676 bits per heavy atom. The number of hydrogen-bond donors (Lipinski definition) is 0. The zero-order valence-electron chi connectivity index (χ0n) is 18.4. The van der Waals surface area contributed by atoms with Gasteiger partial charge in [-0.2, -0.15) is 0 Å². The number of ether oxygens (including phenoxy) is 10. The summed E-state index contributed by atoms with van der Waals surface area (Å²) in [4.78, 5) is 12.2. The average molecular weight is 478 g/mol. The topological polar surface area (TPSA) is 119 Å². The van der Waals surface area contributed by atoms with Gasteiger partial charge in [-0.15, -0.1) is 0 Å². The number of carbonyl (C=O) groups excluding carboxylic acids is 1. The van der Waals surface area contributed by atoms with Crippen LogP contribution in [0.4, 0.5) is 0 Å². The van der Waals surface area contributed by atoms with Crippen molar-refractivity contribution < 1.29 is 52.2 Å². The van der Waals surface area contributed by atoms with Crippen molar-refractivity contribution >= 4 is 5.97 Å². The fourth-order valence-corrected chi connectivity index (χ4v) is 5.00. The van der Waals surface area contributed by atoms with E-state index in [0.29, 0.717) is 12.2 Å². The van der Waals surface area contributed by atoms with Crippen molar-refractivity contribution in [3.63, 3.8) is 0 Å². The van der Waals surface area contributed by atoms with Gasteiger partial charge in [0.25, 0.3) is 0 Å². The number of rotatable bonds is 10. The van der Waals surface area contributed by atoms with Gasteiger partial charge in [0.2, 0.25) is 0 Å². The molecule has 0 unspecified atom stereocenters. The van der Waals surface area contributed by atoms with Crippen LogP contribution in [0.15, 0.2) is 30.3 Å². The molecule has 0 aromatic heterocycles. The maximum absolute atomic E-state index is 12.2. The van der Waals surface area contributed by atoms with Gasteiger partial charge in [-0.1, -0.05) is 18.2 Å². The van der Waals surface area contributed by atoms with Crippen LogP contribution in [0.5, 0.6) is 0 Å². The highest BCUT2D eigenvalue weighted by Crippen LogP contribution is 2.44. The highest BCUT2D eigenvalue weighted by atomic mass is 16.8. The molecule has 0 spiro atoms. The van der Waals surface area contributed by atoms with Crippen molar-refractivity contribution in [3.05, 3.63) is 35.9 Å². The van der Waals surface area contributed by atoms with Gasteiger partial charge in [0.1, 0.15) is 61.5 Å². The van der Waals surface area contributed by atoms with E-state index >= 15 is 0 Å². The van der Waals surface area contributed by atoms with Gasteiger partial charge in [-0.3, -0.25) is 0 Å². The van der Waals surface area contributed by atoms with Gasteiger partial charge in [0, 0.05) is 7.11 Å². The molecular weight excluding hydrogens is 452 g/mol. The van der Waals surface area contributed by atoms with Crippen LogP contribution in [0, 0.1) is 0 Å². The minimum Gasteiger partial charge on any atom is -0.459 e. The van der Waals surface area contributed by atoms with Crippen molar-refractivity contribution in [3.8, 4) is 0 Å². The highest BCUT2D eigenvalue weighted by molar-refractivity contribution is 5.89. The van der Waals surface area contributed by atoms with E-state index in [1.54, 1.807) is 31.4 Å². The molecule has 11 heteroatoms. The minimum absolute atomic E-state index is 0.000246. The molecule has 7 rings (SSSR count). The molecule has 6 aliphatic rings. The summed E-state index contributed by atoms with van der Waals surface area (Å²) >= 11 is 0. The van der Waals surface area contributed by atoms with Crippen molar-refractivity contribution in [2.75, 3.05) is 26.9 Å². The molecule has 6 saturated heterocycles. The summed E-state index contributed by atoms with van der Waals surface area (Å²) in [6.07, 6.45) is -2.57. The van der Waals surface area contributed by atoms with Gasteiger partial charge in [-0.05, 0) is 12.1 Å². The molecule has 1 aromatic carbocycles. The Bertz CT molecular complexity index is 913. The number of benzene rings is 1. The van der Waals surface area contributed by atoms with Gasteiger partial charge in [0.15, 0.2) is 18.9 Å². The lowest BCUT2D eigenvalue weighted by Gasteiger charge is -2.22. The molecule has 0 aliphatic carbocycles. The number of esters is 1. The predicted octanol–water partition coefficient (Wildman–Crippen LogP) is -0.0001000. The van der Waals surface area contributed by atoms with Crippen LogP contribution in [-0.4, -0.2) is 107 Å². The molecule has 184 valence electrons. The normalized spacial score (nSPS) is 47.1.